The molecule has 0 aliphatic rings. The number of rotatable bonds is 5. The highest BCUT2D eigenvalue weighted by atomic mass is 79.9. The lowest BCUT2D eigenvalue weighted by Crippen LogP contribution is -2.25. The Bertz CT molecular complexity index is 352. The lowest BCUT2D eigenvalue weighted by molar-refractivity contribution is -0.175. The number of hydrogen-bond acceptors (Lipinski definition) is 3. The molecule has 0 radical (unpaired) electrons. The molecule has 0 aromatic carbocycles. The summed E-state index contributed by atoms with van der Waals surface area (Å²) in [7, 11) is 1.66. The molecule has 1 aromatic heterocycles. The average Bonchev–Trinajstić information content (AvgIpc) is 2.52. The molecule has 0 aliphatic heterocycles. The lowest BCUT2D eigenvalue weighted by atomic mass is 10.2. The second kappa shape index (κ2) is 6.38. The molecule has 1 atom stereocenters. The van der Waals surface area contributed by atoms with Crippen LogP contribution < -0.4 is 5.32 Å². The summed E-state index contributed by atoms with van der Waals surface area (Å²) in [6, 6.07) is 1.47. The van der Waals surface area contributed by atoms with Gasteiger partial charge in [-0.05, 0) is 29.0 Å². The minimum absolute atomic E-state index is 0.0563. The van der Waals surface area contributed by atoms with Crippen molar-refractivity contribution in [2.24, 2.45) is 0 Å². The van der Waals surface area contributed by atoms with Crippen molar-refractivity contribution in [3.8, 4) is 0 Å². The van der Waals surface area contributed by atoms with Crippen molar-refractivity contribution in [1.82, 2.24) is 5.32 Å². The molecule has 2 nitrogen and oxygen atoms in total. The highest BCUT2D eigenvalue weighted by molar-refractivity contribution is 9.10. The summed E-state index contributed by atoms with van der Waals surface area (Å²) in [5.74, 6) is 0. The van der Waals surface area contributed by atoms with Crippen molar-refractivity contribution < 1.29 is 17.9 Å². The first-order valence-corrected chi connectivity index (χ1v) is 6.58. The standard InChI is InChI=1S/C9H10BrClF3NOS/c1-15-6(3-16-4-9(12,13)14)7-2-5(10)8(11)17-7/h2,6,15H,3-4H2,1H3. The van der Waals surface area contributed by atoms with Crippen LogP contribution in [0.15, 0.2) is 10.5 Å². The Labute approximate surface area is 114 Å². The first-order chi connectivity index (χ1) is 7.83. The Morgan fingerprint density at radius 3 is 2.65 bits per heavy atom. The monoisotopic (exact) mass is 351 g/mol. The molecule has 0 spiro atoms. The average molecular weight is 353 g/mol. The van der Waals surface area contributed by atoms with Crippen LogP contribution in [-0.2, 0) is 4.74 Å². The third-order valence-corrected chi connectivity index (χ3v) is 4.49. The van der Waals surface area contributed by atoms with Crippen LogP contribution in [0.25, 0.3) is 0 Å². The Morgan fingerprint density at radius 2 is 2.24 bits per heavy atom. The van der Waals surface area contributed by atoms with Crippen molar-refractivity contribution in [2.45, 2.75) is 12.2 Å². The van der Waals surface area contributed by atoms with Gasteiger partial charge in [-0.2, -0.15) is 13.2 Å². The fraction of sp³-hybridized carbons (Fsp3) is 0.556. The Balaban J connectivity index is 2.54. The van der Waals surface area contributed by atoms with Crippen LogP contribution in [0.4, 0.5) is 13.2 Å². The van der Waals surface area contributed by atoms with E-state index in [1.54, 1.807) is 13.1 Å². The SMILES string of the molecule is CNC(COCC(F)(F)F)c1cc(Br)c(Cl)s1. The summed E-state index contributed by atoms with van der Waals surface area (Å²) in [6.45, 7) is -1.30. The zero-order valence-corrected chi connectivity index (χ0v) is 11.9. The van der Waals surface area contributed by atoms with Crippen LogP contribution in [0.3, 0.4) is 0 Å². The highest BCUT2D eigenvalue weighted by Crippen LogP contribution is 2.35. The molecule has 0 saturated carbocycles. The molecule has 0 saturated heterocycles. The molecular weight excluding hydrogens is 343 g/mol. The van der Waals surface area contributed by atoms with E-state index in [0.29, 0.717) is 4.34 Å². The van der Waals surface area contributed by atoms with E-state index in [2.05, 4.69) is 26.0 Å². The smallest absolute Gasteiger partial charge is 0.370 e. The molecule has 98 valence electrons. The predicted octanol–water partition coefficient (Wildman–Crippen LogP) is 4.00. The number of likely N-dealkylation sites (N-methyl/N-ethyl adjacent to an activating group) is 1. The number of thiophene rings is 1. The van der Waals surface area contributed by atoms with Crippen molar-refractivity contribution in [3.05, 3.63) is 19.8 Å². The molecule has 1 heterocycles. The van der Waals surface area contributed by atoms with Crippen molar-refractivity contribution in [2.75, 3.05) is 20.3 Å². The minimum Gasteiger partial charge on any atom is -0.370 e. The predicted molar refractivity (Wildman–Crippen MR) is 65.7 cm³/mol. The first kappa shape index (κ1) is 15.2. The first-order valence-electron chi connectivity index (χ1n) is 4.60. The molecular formula is C9H10BrClF3NOS. The maximum atomic E-state index is 11.9. The van der Waals surface area contributed by atoms with Gasteiger partial charge in [0.15, 0.2) is 0 Å². The molecule has 1 N–H and O–H groups in total. The van der Waals surface area contributed by atoms with Crippen LogP contribution >= 0.6 is 38.9 Å². The minimum atomic E-state index is -4.30. The largest absolute Gasteiger partial charge is 0.411 e. The van der Waals surface area contributed by atoms with Gasteiger partial charge in [0.2, 0.25) is 0 Å². The van der Waals surface area contributed by atoms with Gasteiger partial charge in [-0.25, -0.2) is 0 Å². The summed E-state index contributed by atoms with van der Waals surface area (Å²) in [5.41, 5.74) is 0. The van der Waals surface area contributed by atoms with Crippen molar-refractivity contribution in [1.29, 1.82) is 0 Å². The summed E-state index contributed by atoms with van der Waals surface area (Å²) in [6.07, 6.45) is -4.30. The maximum Gasteiger partial charge on any atom is 0.411 e. The number of alkyl halides is 3. The van der Waals surface area contributed by atoms with E-state index in [4.69, 9.17) is 11.6 Å². The third-order valence-electron chi connectivity index (χ3n) is 1.91. The van der Waals surface area contributed by atoms with Crippen LogP contribution in [0.2, 0.25) is 4.34 Å². The van der Waals surface area contributed by atoms with Gasteiger partial charge >= 0.3 is 6.18 Å². The zero-order valence-electron chi connectivity index (χ0n) is 8.78. The second-order valence-corrected chi connectivity index (χ2v) is 5.78. The molecule has 1 unspecified atom stereocenters. The Hall–Kier alpha value is 0.180. The molecule has 0 amide bonds. The van der Waals surface area contributed by atoms with Crippen molar-refractivity contribution >= 4 is 38.9 Å². The number of ether oxygens (including phenoxy) is 1. The molecule has 1 rings (SSSR count). The van der Waals surface area contributed by atoms with Gasteiger partial charge in [0.05, 0.1) is 12.6 Å². The Morgan fingerprint density at radius 1 is 1.59 bits per heavy atom. The normalized spacial score (nSPS) is 14.0. The lowest BCUT2D eigenvalue weighted by Gasteiger charge is -2.15. The summed E-state index contributed by atoms with van der Waals surface area (Å²) >= 11 is 10.4. The molecule has 0 bridgehead atoms. The molecule has 8 heteroatoms. The van der Waals surface area contributed by atoms with E-state index in [0.717, 1.165) is 9.35 Å². The van der Waals surface area contributed by atoms with E-state index >= 15 is 0 Å². The van der Waals surface area contributed by atoms with Gasteiger partial charge in [0, 0.05) is 9.35 Å². The van der Waals surface area contributed by atoms with Crippen LogP contribution in [-0.4, -0.2) is 26.4 Å². The van der Waals surface area contributed by atoms with E-state index in [-0.39, 0.29) is 12.6 Å². The molecule has 0 aliphatic carbocycles. The third kappa shape index (κ3) is 5.13. The summed E-state index contributed by atoms with van der Waals surface area (Å²) < 4.78 is 41.6. The summed E-state index contributed by atoms with van der Waals surface area (Å²) in [4.78, 5) is 0.826. The van der Waals surface area contributed by atoms with Crippen LogP contribution in [0.1, 0.15) is 10.9 Å². The Kier molecular flexibility index (Phi) is 5.72. The zero-order chi connectivity index (χ0) is 13.1. The highest BCUT2D eigenvalue weighted by Gasteiger charge is 2.28. The summed E-state index contributed by atoms with van der Waals surface area (Å²) in [5, 5.41) is 2.88. The fourth-order valence-electron chi connectivity index (χ4n) is 1.14. The van der Waals surface area contributed by atoms with Gasteiger partial charge < -0.3 is 10.1 Å². The second-order valence-electron chi connectivity index (χ2n) is 3.24. The fourth-order valence-corrected chi connectivity index (χ4v) is 2.97. The van der Waals surface area contributed by atoms with Crippen LogP contribution in [0, 0.1) is 0 Å². The van der Waals surface area contributed by atoms with Crippen LogP contribution in [0.5, 0.6) is 0 Å². The van der Waals surface area contributed by atoms with E-state index in [1.165, 1.54) is 11.3 Å². The van der Waals surface area contributed by atoms with Crippen molar-refractivity contribution in [3.63, 3.8) is 0 Å². The van der Waals surface area contributed by atoms with Gasteiger partial charge in [0.25, 0.3) is 0 Å². The van der Waals surface area contributed by atoms with Gasteiger partial charge in [-0.15, -0.1) is 11.3 Å². The number of halogens is 5. The van der Waals surface area contributed by atoms with E-state index in [1.807, 2.05) is 0 Å². The van der Waals surface area contributed by atoms with Gasteiger partial charge in [0.1, 0.15) is 10.9 Å². The van der Waals surface area contributed by atoms with E-state index < -0.39 is 12.8 Å². The number of nitrogens with one attached hydrogen (secondary N) is 1. The van der Waals surface area contributed by atoms with Gasteiger partial charge in [-0.1, -0.05) is 11.6 Å². The number of hydrogen-bond donors (Lipinski definition) is 1. The maximum absolute atomic E-state index is 11.9. The van der Waals surface area contributed by atoms with E-state index in [9.17, 15) is 13.2 Å². The molecule has 17 heavy (non-hydrogen) atoms. The quantitative estimate of drug-likeness (QED) is 0.865. The topological polar surface area (TPSA) is 21.3 Å². The molecule has 0 fully saturated rings. The molecule has 1 aromatic rings. The van der Waals surface area contributed by atoms with Gasteiger partial charge in [-0.3, -0.25) is 0 Å².